The van der Waals surface area contributed by atoms with Crippen molar-refractivity contribution in [3.05, 3.63) is 17.5 Å². The quantitative estimate of drug-likeness (QED) is 0.896. The van der Waals surface area contributed by atoms with E-state index in [0.717, 1.165) is 18.5 Å². The molecular weight excluding hydrogens is 228 g/mol. The summed E-state index contributed by atoms with van der Waals surface area (Å²) in [6, 6.07) is 2.18. The summed E-state index contributed by atoms with van der Waals surface area (Å²) in [5.41, 5.74) is 1.89. The second-order valence-corrected chi connectivity index (χ2v) is 5.92. The monoisotopic (exact) mass is 250 g/mol. The molecule has 1 aliphatic rings. The molecule has 18 heavy (non-hydrogen) atoms. The van der Waals surface area contributed by atoms with Gasteiger partial charge in [0.15, 0.2) is 0 Å². The first kappa shape index (κ1) is 13.3. The fraction of sp³-hybridized carbons (Fsp3) is 0.714. The number of aliphatic hydroxyl groups excluding tert-OH is 1. The smallest absolute Gasteiger partial charge is 0.317 e. The van der Waals surface area contributed by atoms with Crippen LogP contribution in [0.5, 0.6) is 6.01 Å². The summed E-state index contributed by atoms with van der Waals surface area (Å²) in [7, 11) is 0. The highest BCUT2D eigenvalue weighted by Gasteiger charge is 2.28. The van der Waals surface area contributed by atoms with Crippen molar-refractivity contribution in [3.63, 3.8) is 0 Å². The molecule has 0 aliphatic heterocycles. The lowest BCUT2D eigenvalue weighted by atomic mass is 9.76. The molecule has 1 N–H and O–H groups in total. The highest BCUT2D eigenvalue weighted by Crippen LogP contribution is 2.36. The Labute approximate surface area is 108 Å². The summed E-state index contributed by atoms with van der Waals surface area (Å²) < 4.78 is 5.84. The molecule has 1 saturated carbocycles. The van der Waals surface area contributed by atoms with E-state index in [0.29, 0.717) is 17.1 Å². The molecule has 1 aromatic rings. The van der Waals surface area contributed by atoms with Gasteiger partial charge in [-0.3, -0.25) is 0 Å². The number of nitrogens with zero attached hydrogens (tertiary/aromatic N) is 2. The van der Waals surface area contributed by atoms with Crippen molar-refractivity contribution in [1.82, 2.24) is 9.97 Å². The Morgan fingerprint density at radius 2 is 2.00 bits per heavy atom. The summed E-state index contributed by atoms with van der Waals surface area (Å²) in [6.07, 6.45) is 4.68. The van der Waals surface area contributed by atoms with Gasteiger partial charge in [-0.05, 0) is 44.1 Å². The van der Waals surface area contributed by atoms with Crippen LogP contribution in [0.1, 0.15) is 50.9 Å². The van der Waals surface area contributed by atoms with Crippen LogP contribution in [0.3, 0.4) is 0 Å². The predicted molar refractivity (Wildman–Crippen MR) is 69.4 cm³/mol. The molecule has 100 valence electrons. The number of rotatable bonds is 3. The van der Waals surface area contributed by atoms with E-state index in [9.17, 15) is 0 Å². The molecule has 2 rings (SSSR count). The van der Waals surface area contributed by atoms with Gasteiger partial charge < -0.3 is 9.84 Å². The first-order chi connectivity index (χ1) is 8.48. The molecule has 0 unspecified atom stereocenters. The van der Waals surface area contributed by atoms with Gasteiger partial charge in [0.1, 0.15) is 6.10 Å². The summed E-state index contributed by atoms with van der Waals surface area (Å²) >= 11 is 0. The average Bonchev–Trinajstić information content (AvgIpc) is 2.31. The van der Waals surface area contributed by atoms with Crippen molar-refractivity contribution < 1.29 is 9.84 Å². The van der Waals surface area contributed by atoms with E-state index in [-0.39, 0.29) is 12.7 Å². The van der Waals surface area contributed by atoms with Crippen LogP contribution in [-0.4, -0.2) is 21.2 Å². The Hall–Kier alpha value is -1.16. The van der Waals surface area contributed by atoms with Crippen molar-refractivity contribution in [2.75, 3.05) is 0 Å². The summed E-state index contributed by atoms with van der Waals surface area (Å²) in [5.74, 6) is 0. The van der Waals surface area contributed by atoms with Crippen LogP contribution < -0.4 is 4.74 Å². The highest BCUT2D eigenvalue weighted by molar-refractivity contribution is 5.12. The zero-order chi connectivity index (χ0) is 13.2. The fourth-order valence-corrected chi connectivity index (χ4v) is 2.38. The Kier molecular flexibility index (Phi) is 3.85. The SMILES string of the molecule is Cc1cc(CO)nc(OC2CCC(C)(C)CC2)n1. The van der Waals surface area contributed by atoms with E-state index in [1.54, 1.807) is 6.07 Å². The van der Waals surface area contributed by atoms with Crippen LogP contribution in [0, 0.1) is 12.3 Å². The van der Waals surface area contributed by atoms with Gasteiger partial charge in [0, 0.05) is 5.69 Å². The van der Waals surface area contributed by atoms with Crippen LogP contribution >= 0.6 is 0 Å². The van der Waals surface area contributed by atoms with Gasteiger partial charge in [0.05, 0.1) is 12.3 Å². The molecule has 4 nitrogen and oxygen atoms in total. The van der Waals surface area contributed by atoms with Gasteiger partial charge >= 0.3 is 6.01 Å². The van der Waals surface area contributed by atoms with Gasteiger partial charge in [-0.2, -0.15) is 4.98 Å². The first-order valence-electron chi connectivity index (χ1n) is 6.60. The fourth-order valence-electron chi connectivity index (χ4n) is 2.38. The normalized spacial score (nSPS) is 19.8. The standard InChI is InChI=1S/C14H22N2O2/c1-10-8-11(9-17)16-13(15-10)18-12-4-6-14(2,3)7-5-12/h8,12,17H,4-7,9H2,1-3H3. The van der Waals surface area contributed by atoms with Crippen molar-refractivity contribution in [2.45, 2.75) is 59.2 Å². The van der Waals surface area contributed by atoms with Crippen molar-refractivity contribution in [3.8, 4) is 6.01 Å². The largest absolute Gasteiger partial charge is 0.460 e. The van der Waals surface area contributed by atoms with Crippen molar-refractivity contribution in [2.24, 2.45) is 5.41 Å². The molecule has 1 fully saturated rings. The lowest BCUT2D eigenvalue weighted by molar-refractivity contribution is 0.0899. The topological polar surface area (TPSA) is 55.2 Å². The molecular formula is C14H22N2O2. The minimum atomic E-state index is -0.0720. The van der Waals surface area contributed by atoms with Crippen LogP contribution in [0.25, 0.3) is 0 Å². The molecule has 1 aliphatic carbocycles. The molecule has 0 saturated heterocycles. The Bertz CT molecular complexity index is 408. The third-order valence-corrected chi connectivity index (χ3v) is 3.61. The van der Waals surface area contributed by atoms with E-state index in [1.807, 2.05) is 6.92 Å². The molecule has 0 radical (unpaired) electrons. The molecule has 0 aromatic carbocycles. The van der Waals surface area contributed by atoms with Gasteiger partial charge in [-0.25, -0.2) is 4.98 Å². The lowest BCUT2D eigenvalue weighted by Gasteiger charge is -2.33. The Morgan fingerprint density at radius 3 is 2.61 bits per heavy atom. The number of aliphatic hydroxyl groups is 1. The zero-order valence-electron chi connectivity index (χ0n) is 11.4. The minimum absolute atomic E-state index is 0.0720. The third-order valence-electron chi connectivity index (χ3n) is 3.61. The maximum atomic E-state index is 9.12. The van der Waals surface area contributed by atoms with Crippen molar-refractivity contribution in [1.29, 1.82) is 0 Å². The molecule has 0 bridgehead atoms. The molecule has 4 heteroatoms. The first-order valence-corrected chi connectivity index (χ1v) is 6.60. The third kappa shape index (κ3) is 3.42. The zero-order valence-corrected chi connectivity index (χ0v) is 11.4. The molecule has 1 heterocycles. The van der Waals surface area contributed by atoms with Gasteiger partial charge in [-0.1, -0.05) is 13.8 Å². The summed E-state index contributed by atoms with van der Waals surface area (Å²) in [6.45, 7) is 6.42. The highest BCUT2D eigenvalue weighted by atomic mass is 16.5. The number of hydrogen-bond donors (Lipinski definition) is 1. The average molecular weight is 250 g/mol. The van der Waals surface area contributed by atoms with Crippen LogP contribution in [0.2, 0.25) is 0 Å². The summed E-state index contributed by atoms with van der Waals surface area (Å²) in [4.78, 5) is 8.47. The van der Waals surface area contributed by atoms with E-state index in [1.165, 1.54) is 12.8 Å². The van der Waals surface area contributed by atoms with Crippen LogP contribution in [-0.2, 0) is 6.61 Å². The minimum Gasteiger partial charge on any atom is -0.460 e. The van der Waals surface area contributed by atoms with E-state index in [2.05, 4.69) is 23.8 Å². The van der Waals surface area contributed by atoms with Crippen LogP contribution in [0.15, 0.2) is 6.07 Å². The number of hydrogen-bond acceptors (Lipinski definition) is 4. The maximum Gasteiger partial charge on any atom is 0.317 e. The second-order valence-electron chi connectivity index (χ2n) is 5.92. The Morgan fingerprint density at radius 1 is 1.33 bits per heavy atom. The van der Waals surface area contributed by atoms with Gasteiger partial charge in [0.25, 0.3) is 0 Å². The molecule has 1 aromatic heterocycles. The van der Waals surface area contributed by atoms with E-state index >= 15 is 0 Å². The number of aromatic nitrogens is 2. The van der Waals surface area contributed by atoms with E-state index < -0.39 is 0 Å². The van der Waals surface area contributed by atoms with Crippen LogP contribution in [0.4, 0.5) is 0 Å². The van der Waals surface area contributed by atoms with Gasteiger partial charge in [0.2, 0.25) is 0 Å². The lowest BCUT2D eigenvalue weighted by Crippen LogP contribution is -2.29. The number of ether oxygens (including phenoxy) is 1. The van der Waals surface area contributed by atoms with E-state index in [4.69, 9.17) is 9.84 Å². The van der Waals surface area contributed by atoms with Crippen molar-refractivity contribution >= 4 is 0 Å². The molecule has 0 atom stereocenters. The number of aryl methyl sites for hydroxylation is 1. The molecule has 0 spiro atoms. The maximum absolute atomic E-state index is 9.12. The van der Waals surface area contributed by atoms with Gasteiger partial charge in [-0.15, -0.1) is 0 Å². The predicted octanol–water partition coefficient (Wildman–Crippen LogP) is 2.62. The molecule has 0 amide bonds. The summed E-state index contributed by atoms with van der Waals surface area (Å²) in [5, 5.41) is 9.12. The second kappa shape index (κ2) is 5.22. The Balaban J connectivity index is 2.00.